The number of carbonyl (C=O) groups excluding carboxylic acids is 3. The Labute approximate surface area is 351 Å². The summed E-state index contributed by atoms with van der Waals surface area (Å²) in [5.74, 6) is 0.540. The lowest BCUT2D eigenvalue weighted by Crippen LogP contribution is -2.64. The second kappa shape index (κ2) is 19.0. The fourth-order valence-electron chi connectivity index (χ4n) is 8.27. The van der Waals surface area contributed by atoms with Crippen LogP contribution in [0, 0.1) is 0 Å². The summed E-state index contributed by atoms with van der Waals surface area (Å²) in [6.45, 7) is 10.5. The number of anilines is 1. The summed E-state index contributed by atoms with van der Waals surface area (Å²) in [4.78, 5) is 58.9. The quantitative estimate of drug-likeness (QED) is 0.136. The van der Waals surface area contributed by atoms with Gasteiger partial charge in [0.25, 0.3) is 0 Å². The average molecular weight is 829 g/mol. The van der Waals surface area contributed by atoms with Gasteiger partial charge in [-0.05, 0) is 95.0 Å². The molecule has 15 heteroatoms. The number of halogens is 1. The topological polar surface area (TPSA) is 154 Å². The maximum Gasteiger partial charge on any atom is 0.410 e. The summed E-state index contributed by atoms with van der Waals surface area (Å²) in [5.41, 5.74) is 0.723. The lowest BCUT2D eigenvalue weighted by atomic mass is 9.85. The Balaban J connectivity index is 0.934. The molecular weight excluding hydrogens is 772 g/mol. The second-order valence-electron chi connectivity index (χ2n) is 16.9. The summed E-state index contributed by atoms with van der Waals surface area (Å²) in [6, 6.07) is 18.9. The fraction of sp³-hybridized carbons (Fsp3) is 0.523. The number of likely N-dealkylation sites (tertiary alicyclic amines) is 2. The van der Waals surface area contributed by atoms with Gasteiger partial charge in [0.1, 0.15) is 35.5 Å². The van der Waals surface area contributed by atoms with Gasteiger partial charge in [0, 0.05) is 57.0 Å². The van der Waals surface area contributed by atoms with E-state index >= 15 is 0 Å². The molecule has 2 aromatic carbocycles. The van der Waals surface area contributed by atoms with Crippen LogP contribution in [0.5, 0.6) is 0 Å². The van der Waals surface area contributed by atoms with Crippen LogP contribution in [-0.4, -0.2) is 112 Å². The van der Waals surface area contributed by atoms with Crippen LogP contribution >= 0.6 is 11.6 Å². The van der Waals surface area contributed by atoms with E-state index in [1.165, 1.54) is 6.33 Å². The molecule has 3 amide bonds. The van der Waals surface area contributed by atoms with E-state index in [4.69, 9.17) is 25.8 Å². The third kappa shape index (κ3) is 11.2. The number of amides is 3. The van der Waals surface area contributed by atoms with Gasteiger partial charge < -0.3 is 44.5 Å². The number of benzene rings is 2. The molecule has 0 saturated carbocycles. The van der Waals surface area contributed by atoms with Gasteiger partial charge in [-0.25, -0.2) is 19.6 Å². The average Bonchev–Trinajstić information content (AvgIpc) is 3.72. The highest BCUT2D eigenvalue weighted by Gasteiger charge is 2.45. The molecule has 1 atom stereocenters. The first-order valence-electron chi connectivity index (χ1n) is 20.9. The number of fused-ring (bicyclic) bond motifs is 1. The molecule has 316 valence electrons. The molecule has 3 fully saturated rings. The van der Waals surface area contributed by atoms with Gasteiger partial charge in [-0.15, -0.1) is 0 Å². The summed E-state index contributed by atoms with van der Waals surface area (Å²) >= 11 is 6.30. The molecular formula is C44H57ClN8O6. The number of ether oxygens (including phenoxy) is 3. The van der Waals surface area contributed by atoms with Gasteiger partial charge in [0.2, 0.25) is 5.91 Å². The van der Waals surface area contributed by atoms with Gasteiger partial charge in [-0.3, -0.25) is 4.79 Å². The third-order valence-electron chi connectivity index (χ3n) is 11.6. The molecule has 0 unspecified atom stereocenters. The van der Waals surface area contributed by atoms with Crippen LogP contribution in [-0.2, 0) is 25.6 Å². The van der Waals surface area contributed by atoms with Gasteiger partial charge in [0.05, 0.1) is 23.6 Å². The first kappa shape index (κ1) is 42.2. The summed E-state index contributed by atoms with van der Waals surface area (Å²) < 4.78 is 17.8. The fourth-order valence-corrected chi connectivity index (χ4v) is 8.40. The molecule has 3 aliphatic heterocycles. The van der Waals surface area contributed by atoms with Crippen molar-refractivity contribution in [2.45, 2.75) is 102 Å². The molecule has 7 rings (SSSR count). The molecule has 3 aliphatic rings. The van der Waals surface area contributed by atoms with E-state index in [1.807, 2.05) is 87.6 Å². The lowest BCUT2D eigenvalue weighted by Gasteiger charge is -2.42. The Bertz CT molecular complexity index is 2000. The zero-order valence-corrected chi connectivity index (χ0v) is 35.1. The highest BCUT2D eigenvalue weighted by Crippen LogP contribution is 2.32. The molecule has 5 heterocycles. The van der Waals surface area contributed by atoms with E-state index in [2.05, 4.69) is 35.4 Å². The Morgan fingerprint density at radius 3 is 2.25 bits per heavy atom. The Morgan fingerprint density at radius 2 is 1.58 bits per heavy atom. The number of piperidine rings is 3. The van der Waals surface area contributed by atoms with Crippen molar-refractivity contribution in [3.05, 3.63) is 89.3 Å². The van der Waals surface area contributed by atoms with E-state index < -0.39 is 17.2 Å². The molecule has 59 heavy (non-hydrogen) atoms. The van der Waals surface area contributed by atoms with Crippen LogP contribution in [0.15, 0.2) is 73.2 Å². The van der Waals surface area contributed by atoms with Crippen molar-refractivity contribution >= 4 is 46.5 Å². The molecule has 0 radical (unpaired) electrons. The number of aromatic amines is 1. The van der Waals surface area contributed by atoms with Crippen LogP contribution in [0.25, 0.3) is 11.0 Å². The zero-order chi connectivity index (χ0) is 41.4. The van der Waals surface area contributed by atoms with Crippen LogP contribution in [0.1, 0.15) is 82.9 Å². The minimum absolute atomic E-state index is 0.123. The van der Waals surface area contributed by atoms with Gasteiger partial charge in [0.15, 0.2) is 0 Å². The normalized spacial score (nSPS) is 18.6. The van der Waals surface area contributed by atoms with Crippen molar-refractivity contribution in [1.29, 1.82) is 0 Å². The Kier molecular flexibility index (Phi) is 13.6. The van der Waals surface area contributed by atoms with E-state index in [-0.39, 0.29) is 36.9 Å². The van der Waals surface area contributed by atoms with Gasteiger partial charge >= 0.3 is 12.2 Å². The predicted molar refractivity (Wildman–Crippen MR) is 226 cm³/mol. The van der Waals surface area contributed by atoms with Crippen LogP contribution < -0.4 is 15.5 Å². The molecule has 3 saturated heterocycles. The highest BCUT2D eigenvalue weighted by atomic mass is 35.5. The summed E-state index contributed by atoms with van der Waals surface area (Å²) in [7, 11) is 0. The third-order valence-corrected chi connectivity index (χ3v) is 11.8. The van der Waals surface area contributed by atoms with E-state index in [0.717, 1.165) is 73.3 Å². The number of rotatable bonds is 12. The summed E-state index contributed by atoms with van der Waals surface area (Å²) in [5, 5.41) is 7.89. The van der Waals surface area contributed by atoms with Gasteiger partial charge in [-0.2, -0.15) is 0 Å². The first-order chi connectivity index (χ1) is 28.4. The van der Waals surface area contributed by atoms with Crippen molar-refractivity contribution < 1.29 is 28.6 Å². The number of aromatic nitrogens is 3. The number of carbonyl (C=O) groups is 3. The second-order valence-corrected chi connectivity index (χ2v) is 17.3. The maximum absolute atomic E-state index is 14.6. The number of nitrogens with one attached hydrogen (secondary N) is 3. The first-order valence-corrected chi connectivity index (χ1v) is 21.2. The van der Waals surface area contributed by atoms with Crippen molar-refractivity contribution in [1.82, 2.24) is 35.4 Å². The predicted octanol–water partition coefficient (Wildman–Crippen LogP) is 7.00. The monoisotopic (exact) mass is 828 g/mol. The van der Waals surface area contributed by atoms with Crippen LogP contribution in [0.3, 0.4) is 0 Å². The highest BCUT2D eigenvalue weighted by molar-refractivity contribution is 6.30. The molecule has 0 spiro atoms. The number of H-pyrrole nitrogens is 1. The SMILES string of the molecule is CC(C)(C)OC(=O)NC1(C(=O)N[C@@H](CCN2CCC(OC3CCN(C(=O)OCc4ccccc4)CC3)CC2)c2ccc(Cl)cc2)CCN(c2ncnc3[nH]ccc23)CC1. The molecule has 2 aromatic heterocycles. The molecule has 0 aliphatic carbocycles. The lowest BCUT2D eigenvalue weighted by molar-refractivity contribution is -0.129. The Morgan fingerprint density at radius 1 is 0.898 bits per heavy atom. The van der Waals surface area contributed by atoms with Crippen molar-refractivity contribution in [2.75, 3.05) is 50.7 Å². The maximum atomic E-state index is 14.6. The number of hydrogen-bond acceptors (Lipinski definition) is 10. The van der Waals surface area contributed by atoms with Crippen molar-refractivity contribution in [3.8, 4) is 0 Å². The van der Waals surface area contributed by atoms with Crippen molar-refractivity contribution in [2.24, 2.45) is 0 Å². The standard InChI is InChI=1S/C44H57ClN8O6/c1-43(2,3)59-41(55)50-44(19-27-52(28-20-44)39-36-13-21-46-38(36)47-30-48-39)40(54)49-37(32-9-11-33(45)12-10-32)18-24-51-22-14-34(15-23-51)58-35-16-25-53(26-17-35)42(56)57-29-31-7-5-4-6-8-31/h4-13,21,30,34-35,37H,14-20,22-29H2,1-3H3,(H,49,54)(H,50,55)(H,46,47,48)/t37-/m0/s1. The molecule has 0 bridgehead atoms. The van der Waals surface area contributed by atoms with Crippen molar-refractivity contribution in [3.63, 3.8) is 0 Å². The van der Waals surface area contributed by atoms with E-state index in [1.54, 1.807) is 4.90 Å². The number of hydrogen-bond donors (Lipinski definition) is 3. The van der Waals surface area contributed by atoms with Gasteiger partial charge in [-0.1, -0.05) is 54.1 Å². The van der Waals surface area contributed by atoms with E-state index in [0.29, 0.717) is 50.5 Å². The largest absolute Gasteiger partial charge is 0.445 e. The summed E-state index contributed by atoms with van der Waals surface area (Å²) in [6.07, 6.45) is 7.55. The van der Waals surface area contributed by atoms with Crippen LogP contribution in [0.2, 0.25) is 5.02 Å². The zero-order valence-electron chi connectivity index (χ0n) is 34.3. The Hall–Kier alpha value is -4.92. The number of alkyl carbamates (subject to hydrolysis) is 1. The van der Waals surface area contributed by atoms with Crippen LogP contribution in [0.4, 0.5) is 15.4 Å². The molecule has 3 N–H and O–H groups in total. The number of nitrogens with zero attached hydrogens (tertiary/aromatic N) is 5. The smallest absolute Gasteiger partial charge is 0.410 e. The molecule has 4 aromatic rings. The van der Waals surface area contributed by atoms with E-state index in [9.17, 15) is 14.4 Å². The minimum atomic E-state index is -1.21. The minimum Gasteiger partial charge on any atom is -0.445 e. The molecule has 14 nitrogen and oxygen atoms in total.